The summed E-state index contributed by atoms with van der Waals surface area (Å²) in [6, 6.07) is 9.53. The van der Waals surface area contributed by atoms with Crippen molar-refractivity contribution < 1.29 is 17.6 Å². The smallest absolute Gasteiger partial charge is 0.331 e. The predicted molar refractivity (Wildman–Crippen MR) is 101 cm³/mol. The summed E-state index contributed by atoms with van der Waals surface area (Å²) in [7, 11) is 0. The molecule has 28 heavy (non-hydrogen) atoms. The molecular formula is C20H13ClF4N2O. The number of aromatic amines is 1. The summed E-state index contributed by atoms with van der Waals surface area (Å²) >= 11 is 6.27. The van der Waals surface area contributed by atoms with E-state index in [2.05, 4.69) is 4.98 Å². The van der Waals surface area contributed by atoms with Crippen LogP contribution >= 0.6 is 11.6 Å². The van der Waals surface area contributed by atoms with Crippen molar-refractivity contribution >= 4 is 33.4 Å². The number of fused-ring (bicyclic) bond motifs is 3. The fraction of sp³-hybridized carbons (Fsp3) is 0.150. The summed E-state index contributed by atoms with van der Waals surface area (Å²) in [5, 5.41) is 1.14. The van der Waals surface area contributed by atoms with Gasteiger partial charge in [-0.3, -0.25) is 4.79 Å². The molecule has 0 aliphatic heterocycles. The molecule has 0 saturated carbocycles. The highest BCUT2D eigenvalue weighted by Crippen LogP contribution is 2.40. The number of aryl methyl sites for hydroxylation is 1. The third-order valence-corrected chi connectivity index (χ3v) is 4.98. The maximum Gasteiger partial charge on any atom is 0.406 e. The Morgan fingerprint density at radius 3 is 2.39 bits per heavy atom. The van der Waals surface area contributed by atoms with E-state index in [1.807, 2.05) is 0 Å². The zero-order chi connectivity index (χ0) is 20.2. The largest absolute Gasteiger partial charge is 0.406 e. The minimum absolute atomic E-state index is 0.155. The molecule has 4 rings (SSSR count). The van der Waals surface area contributed by atoms with Gasteiger partial charge in [0, 0.05) is 22.4 Å². The monoisotopic (exact) mass is 408 g/mol. The van der Waals surface area contributed by atoms with Crippen LogP contribution in [-0.4, -0.2) is 15.7 Å². The average Bonchev–Trinajstić information content (AvgIpc) is 2.86. The van der Waals surface area contributed by atoms with E-state index in [1.54, 1.807) is 6.92 Å². The molecule has 0 amide bonds. The van der Waals surface area contributed by atoms with Crippen LogP contribution in [0.15, 0.2) is 47.3 Å². The second-order valence-corrected chi connectivity index (χ2v) is 6.95. The van der Waals surface area contributed by atoms with Gasteiger partial charge in [0.2, 0.25) is 5.56 Å². The summed E-state index contributed by atoms with van der Waals surface area (Å²) in [5.74, 6) is -0.481. The molecule has 2 heterocycles. The number of rotatable bonds is 2. The van der Waals surface area contributed by atoms with Crippen LogP contribution in [0.5, 0.6) is 0 Å². The molecule has 0 saturated heterocycles. The lowest BCUT2D eigenvalue weighted by Gasteiger charge is -2.14. The summed E-state index contributed by atoms with van der Waals surface area (Å²) in [5.41, 5.74) is 1.70. The van der Waals surface area contributed by atoms with Crippen LogP contribution in [0.2, 0.25) is 5.02 Å². The molecule has 0 fully saturated rings. The molecule has 0 bridgehead atoms. The van der Waals surface area contributed by atoms with E-state index in [-0.39, 0.29) is 5.02 Å². The topological polar surface area (TPSA) is 37.8 Å². The number of hydrogen-bond donors (Lipinski definition) is 1. The Labute approximate surface area is 161 Å². The van der Waals surface area contributed by atoms with E-state index >= 15 is 0 Å². The van der Waals surface area contributed by atoms with Crippen LogP contribution < -0.4 is 5.56 Å². The highest BCUT2D eigenvalue weighted by atomic mass is 35.5. The summed E-state index contributed by atoms with van der Waals surface area (Å²) in [4.78, 5) is 14.4. The third kappa shape index (κ3) is 3.05. The average molecular weight is 409 g/mol. The summed E-state index contributed by atoms with van der Waals surface area (Å²) < 4.78 is 54.5. The number of H-pyrrole nitrogens is 1. The first kappa shape index (κ1) is 18.6. The maximum atomic E-state index is 13.3. The minimum Gasteiger partial charge on any atom is -0.331 e. The molecule has 0 spiro atoms. The van der Waals surface area contributed by atoms with E-state index < -0.39 is 24.1 Å². The maximum absolute atomic E-state index is 13.3. The van der Waals surface area contributed by atoms with E-state index in [0.29, 0.717) is 38.6 Å². The van der Waals surface area contributed by atoms with Gasteiger partial charge in [-0.2, -0.15) is 13.2 Å². The fourth-order valence-corrected chi connectivity index (χ4v) is 3.96. The van der Waals surface area contributed by atoms with Crippen molar-refractivity contribution in [3.63, 3.8) is 0 Å². The number of nitrogens with one attached hydrogen (secondary N) is 1. The first-order valence-corrected chi connectivity index (χ1v) is 8.70. The number of hydrogen-bond acceptors (Lipinski definition) is 1. The van der Waals surface area contributed by atoms with Gasteiger partial charge < -0.3 is 9.55 Å². The van der Waals surface area contributed by atoms with Crippen molar-refractivity contribution in [1.82, 2.24) is 9.55 Å². The first-order valence-electron chi connectivity index (χ1n) is 8.33. The van der Waals surface area contributed by atoms with Gasteiger partial charge in [0.25, 0.3) is 0 Å². The van der Waals surface area contributed by atoms with Gasteiger partial charge in [-0.15, -0.1) is 0 Å². The molecule has 8 heteroatoms. The normalized spacial score (nSPS) is 12.2. The van der Waals surface area contributed by atoms with Crippen molar-refractivity contribution in [2.24, 2.45) is 0 Å². The lowest BCUT2D eigenvalue weighted by atomic mass is 10.0. The minimum atomic E-state index is -4.46. The Hall–Kier alpha value is -2.80. The molecule has 1 N–H and O–H groups in total. The Morgan fingerprint density at radius 2 is 1.75 bits per heavy atom. The number of pyridine rings is 1. The van der Waals surface area contributed by atoms with Gasteiger partial charge >= 0.3 is 6.18 Å². The molecule has 0 atom stereocenters. The molecule has 2 aromatic carbocycles. The lowest BCUT2D eigenvalue weighted by molar-refractivity contribution is -0.139. The van der Waals surface area contributed by atoms with Gasteiger partial charge in [-0.25, -0.2) is 4.39 Å². The van der Waals surface area contributed by atoms with Crippen molar-refractivity contribution in [3.05, 3.63) is 69.2 Å². The van der Waals surface area contributed by atoms with Crippen molar-refractivity contribution in [2.75, 3.05) is 0 Å². The van der Waals surface area contributed by atoms with Gasteiger partial charge in [-0.1, -0.05) is 11.6 Å². The Kier molecular flexibility index (Phi) is 4.23. The van der Waals surface area contributed by atoms with Crippen LogP contribution in [0.3, 0.4) is 0 Å². The van der Waals surface area contributed by atoms with E-state index in [1.165, 1.54) is 42.5 Å². The number of nitrogens with zero attached hydrogens (tertiary/aromatic N) is 1. The number of benzene rings is 2. The molecule has 144 valence electrons. The Bertz CT molecular complexity index is 1270. The second-order valence-electron chi connectivity index (χ2n) is 6.55. The van der Waals surface area contributed by atoms with Crippen LogP contribution in [0.4, 0.5) is 17.6 Å². The third-order valence-electron chi connectivity index (χ3n) is 4.68. The predicted octanol–water partition coefficient (Wildman–Crippen LogP) is 5.81. The van der Waals surface area contributed by atoms with E-state index in [4.69, 9.17) is 11.6 Å². The summed E-state index contributed by atoms with van der Waals surface area (Å²) in [6.45, 7) is 0.477. The van der Waals surface area contributed by atoms with E-state index in [9.17, 15) is 22.4 Å². The summed E-state index contributed by atoms with van der Waals surface area (Å²) in [6.07, 6.45) is -4.46. The fourth-order valence-electron chi connectivity index (χ4n) is 3.67. The molecule has 2 aromatic heterocycles. The molecule has 0 aliphatic rings. The first-order chi connectivity index (χ1) is 13.2. The SMILES string of the molecule is Cc1c(-c2ccc(F)cc2)n(CC(F)(F)F)c2ccc3[nH]c(=O)cc(Cl)c3c12. The van der Waals surface area contributed by atoms with Crippen molar-refractivity contribution in [2.45, 2.75) is 19.6 Å². The highest BCUT2D eigenvalue weighted by molar-refractivity contribution is 6.37. The van der Waals surface area contributed by atoms with Crippen LogP contribution in [0.25, 0.3) is 33.1 Å². The van der Waals surface area contributed by atoms with Crippen LogP contribution in [0.1, 0.15) is 5.56 Å². The number of halogens is 5. The van der Waals surface area contributed by atoms with Crippen molar-refractivity contribution in [3.8, 4) is 11.3 Å². The number of alkyl halides is 3. The molecule has 0 radical (unpaired) electrons. The van der Waals surface area contributed by atoms with Crippen LogP contribution in [-0.2, 0) is 6.54 Å². The quantitative estimate of drug-likeness (QED) is 0.417. The molecule has 0 unspecified atom stereocenters. The Morgan fingerprint density at radius 1 is 1.07 bits per heavy atom. The zero-order valence-corrected chi connectivity index (χ0v) is 15.2. The van der Waals surface area contributed by atoms with Gasteiger partial charge in [0.05, 0.1) is 16.2 Å². The molecule has 3 nitrogen and oxygen atoms in total. The second kappa shape index (κ2) is 6.38. The molecular weight excluding hydrogens is 396 g/mol. The van der Waals surface area contributed by atoms with Crippen molar-refractivity contribution in [1.29, 1.82) is 0 Å². The van der Waals surface area contributed by atoms with Gasteiger partial charge in [0.15, 0.2) is 0 Å². The lowest BCUT2D eigenvalue weighted by Crippen LogP contribution is -2.18. The van der Waals surface area contributed by atoms with Gasteiger partial charge in [-0.05, 0) is 54.4 Å². The molecule has 0 aliphatic carbocycles. The highest BCUT2D eigenvalue weighted by Gasteiger charge is 2.31. The van der Waals surface area contributed by atoms with E-state index in [0.717, 1.165) is 4.57 Å². The number of aromatic nitrogens is 2. The van der Waals surface area contributed by atoms with Gasteiger partial charge in [0.1, 0.15) is 12.4 Å². The zero-order valence-electron chi connectivity index (χ0n) is 14.5. The van der Waals surface area contributed by atoms with Crippen LogP contribution in [0, 0.1) is 12.7 Å². The Balaban J connectivity index is 2.16. The molecule has 4 aromatic rings. The standard InChI is InChI=1S/C20H13ClF4N2O/c1-10-17-15(7-6-14-18(17)13(21)8-16(28)26-14)27(9-20(23,24)25)19(10)11-2-4-12(22)5-3-11/h2-8H,9H2,1H3,(H,26,28).